The fourth-order valence-electron chi connectivity index (χ4n) is 3.16. The molecule has 4 rings (SSSR count). The largest absolute Gasteiger partial charge is 0.334 e. The second-order valence-corrected chi connectivity index (χ2v) is 8.21. The van der Waals surface area contributed by atoms with E-state index < -0.39 is 0 Å². The fourth-order valence-corrected chi connectivity index (χ4v) is 5.03. The first-order valence-corrected chi connectivity index (χ1v) is 10.8. The highest BCUT2D eigenvalue weighted by molar-refractivity contribution is 8.00. The Morgan fingerprint density at radius 1 is 1.00 bits per heavy atom. The van der Waals surface area contributed by atoms with Gasteiger partial charge in [-0.2, -0.15) is 0 Å². The second-order valence-electron chi connectivity index (χ2n) is 6.33. The highest BCUT2D eigenvalue weighted by Gasteiger charge is 2.23. The number of carbonyl (C=O) groups is 1. The average molecular weight is 406 g/mol. The van der Waals surface area contributed by atoms with Crippen LogP contribution in [0.2, 0.25) is 0 Å². The summed E-state index contributed by atoms with van der Waals surface area (Å²) in [6, 6.07) is 22.1. The molecule has 140 valence electrons. The average Bonchev–Trinajstić information content (AvgIpc) is 3.23. The molecule has 6 heteroatoms. The van der Waals surface area contributed by atoms with E-state index in [2.05, 4.69) is 34.2 Å². The van der Waals surface area contributed by atoms with E-state index >= 15 is 0 Å². The smallest absolute Gasteiger partial charge is 0.233 e. The van der Waals surface area contributed by atoms with E-state index in [1.165, 1.54) is 11.8 Å². The first-order valence-electron chi connectivity index (χ1n) is 8.90. The van der Waals surface area contributed by atoms with Gasteiger partial charge in [0.15, 0.2) is 0 Å². The molecule has 28 heavy (non-hydrogen) atoms. The third-order valence-corrected chi connectivity index (χ3v) is 6.57. The maximum atomic E-state index is 13.0. The maximum absolute atomic E-state index is 13.0. The lowest BCUT2D eigenvalue weighted by Crippen LogP contribution is -2.33. The van der Waals surface area contributed by atoms with Gasteiger partial charge in [0.05, 0.1) is 22.0 Å². The first kappa shape index (κ1) is 18.7. The van der Waals surface area contributed by atoms with Crippen LogP contribution in [0, 0.1) is 0 Å². The van der Waals surface area contributed by atoms with Crippen molar-refractivity contribution in [3.63, 3.8) is 0 Å². The molecule has 1 amide bonds. The lowest BCUT2D eigenvalue weighted by molar-refractivity contribution is -0.128. The van der Waals surface area contributed by atoms with E-state index in [1.54, 1.807) is 17.7 Å². The summed E-state index contributed by atoms with van der Waals surface area (Å²) in [4.78, 5) is 23.5. The molecule has 0 aliphatic carbocycles. The van der Waals surface area contributed by atoms with Gasteiger partial charge in [-0.15, -0.1) is 11.3 Å². The van der Waals surface area contributed by atoms with Gasteiger partial charge in [-0.25, -0.2) is 9.97 Å². The van der Waals surface area contributed by atoms with E-state index in [9.17, 15) is 4.79 Å². The van der Waals surface area contributed by atoms with Crippen LogP contribution in [0.4, 0.5) is 0 Å². The second kappa shape index (κ2) is 8.54. The van der Waals surface area contributed by atoms with E-state index in [4.69, 9.17) is 0 Å². The van der Waals surface area contributed by atoms with Crippen molar-refractivity contribution in [3.8, 4) is 0 Å². The number of rotatable bonds is 6. The number of fused-ring (bicyclic) bond motifs is 1. The van der Waals surface area contributed by atoms with Gasteiger partial charge in [0.2, 0.25) is 5.91 Å². The normalized spacial score (nSPS) is 11.1. The molecule has 0 N–H and O–H groups in total. The topological polar surface area (TPSA) is 46.1 Å². The van der Waals surface area contributed by atoms with Crippen LogP contribution in [-0.2, 0) is 4.79 Å². The van der Waals surface area contributed by atoms with Gasteiger partial charge < -0.3 is 4.90 Å². The zero-order chi connectivity index (χ0) is 19.3. The van der Waals surface area contributed by atoms with Crippen LogP contribution < -0.4 is 0 Å². The molecule has 0 aliphatic rings. The Kier molecular flexibility index (Phi) is 5.69. The Labute approximate surface area is 172 Å². The molecular formula is C22H19N3OS2. The van der Waals surface area contributed by atoms with Crippen LogP contribution in [0.25, 0.3) is 10.2 Å². The summed E-state index contributed by atoms with van der Waals surface area (Å²) in [5.74, 6) is 0.391. The van der Waals surface area contributed by atoms with Gasteiger partial charge in [0.25, 0.3) is 0 Å². The van der Waals surface area contributed by atoms with Gasteiger partial charge in [-0.1, -0.05) is 72.4 Å². The standard InChI is InChI=1S/C22H19N3OS2/c1-25(19(26)14-28-22-21-18(12-13-27-21)23-15-24-22)20(16-8-4-2-5-9-16)17-10-6-3-7-11-17/h2-13,15,20H,14H2,1H3. The summed E-state index contributed by atoms with van der Waals surface area (Å²) in [6.07, 6.45) is 1.56. The van der Waals surface area contributed by atoms with Crippen LogP contribution in [0.1, 0.15) is 17.2 Å². The monoisotopic (exact) mass is 405 g/mol. The SMILES string of the molecule is CN(C(=O)CSc1ncnc2ccsc12)C(c1ccccc1)c1ccccc1. The van der Waals surface area contributed by atoms with Gasteiger partial charge in [0, 0.05) is 7.05 Å². The summed E-state index contributed by atoms with van der Waals surface area (Å²) in [7, 11) is 1.87. The van der Waals surface area contributed by atoms with Crippen LogP contribution in [0.3, 0.4) is 0 Å². The third-order valence-electron chi connectivity index (χ3n) is 4.55. The van der Waals surface area contributed by atoms with Crippen molar-refractivity contribution in [3.05, 3.63) is 89.6 Å². The molecule has 0 unspecified atom stereocenters. The maximum Gasteiger partial charge on any atom is 0.233 e. The Morgan fingerprint density at radius 3 is 2.29 bits per heavy atom. The van der Waals surface area contributed by atoms with E-state index in [-0.39, 0.29) is 11.9 Å². The van der Waals surface area contributed by atoms with Crippen molar-refractivity contribution in [1.29, 1.82) is 0 Å². The number of aromatic nitrogens is 2. The number of thiophene rings is 1. The predicted molar refractivity (Wildman–Crippen MR) is 116 cm³/mol. The number of amides is 1. The highest BCUT2D eigenvalue weighted by Crippen LogP contribution is 2.31. The van der Waals surface area contributed by atoms with Gasteiger partial charge >= 0.3 is 0 Å². The number of carbonyl (C=O) groups excluding carboxylic acids is 1. The molecule has 2 heterocycles. The van der Waals surface area contributed by atoms with E-state index in [0.717, 1.165) is 26.4 Å². The van der Waals surface area contributed by atoms with Crippen molar-refractivity contribution in [2.75, 3.05) is 12.8 Å². The molecule has 0 spiro atoms. The molecule has 2 aromatic carbocycles. The van der Waals surface area contributed by atoms with Gasteiger partial charge in [0.1, 0.15) is 11.4 Å². The number of benzene rings is 2. The lowest BCUT2D eigenvalue weighted by Gasteiger charge is -2.29. The van der Waals surface area contributed by atoms with E-state index in [1.807, 2.05) is 59.8 Å². The predicted octanol–water partition coefficient (Wildman–Crippen LogP) is 5.03. The molecule has 0 radical (unpaired) electrons. The number of hydrogen-bond acceptors (Lipinski definition) is 5. The molecule has 0 bridgehead atoms. The van der Waals surface area contributed by atoms with Gasteiger partial charge in [-0.3, -0.25) is 4.79 Å². The quantitative estimate of drug-likeness (QED) is 0.333. The van der Waals surface area contributed by atoms with Crippen LogP contribution >= 0.6 is 23.1 Å². The molecule has 4 nitrogen and oxygen atoms in total. The fraction of sp³-hybridized carbons (Fsp3) is 0.136. The molecule has 4 aromatic rings. The summed E-state index contributed by atoms with van der Waals surface area (Å²) in [5.41, 5.74) is 3.12. The first-order chi connectivity index (χ1) is 13.7. The van der Waals surface area contributed by atoms with Gasteiger partial charge in [-0.05, 0) is 22.6 Å². The molecule has 0 atom stereocenters. The number of thioether (sulfide) groups is 1. The van der Waals surface area contributed by atoms with Crippen molar-refractivity contribution in [2.24, 2.45) is 0 Å². The summed E-state index contributed by atoms with van der Waals surface area (Å²) in [5, 5.41) is 2.86. The molecule has 0 aliphatic heterocycles. The molecule has 2 aromatic heterocycles. The third kappa shape index (κ3) is 3.93. The number of nitrogens with zero attached hydrogens (tertiary/aromatic N) is 3. The minimum absolute atomic E-state index is 0.0611. The van der Waals surface area contributed by atoms with Crippen molar-refractivity contribution in [1.82, 2.24) is 14.9 Å². The van der Waals surface area contributed by atoms with Crippen LogP contribution in [0.15, 0.2) is 83.5 Å². The lowest BCUT2D eigenvalue weighted by atomic mass is 9.97. The van der Waals surface area contributed by atoms with Crippen LogP contribution in [0.5, 0.6) is 0 Å². The molecular weight excluding hydrogens is 386 g/mol. The Morgan fingerprint density at radius 2 is 1.64 bits per heavy atom. The zero-order valence-electron chi connectivity index (χ0n) is 15.4. The summed E-state index contributed by atoms with van der Waals surface area (Å²) in [6.45, 7) is 0. The van der Waals surface area contributed by atoms with E-state index in [0.29, 0.717) is 5.75 Å². The minimum Gasteiger partial charge on any atom is -0.334 e. The molecule has 0 fully saturated rings. The van der Waals surface area contributed by atoms with Crippen LogP contribution in [-0.4, -0.2) is 33.6 Å². The Hall–Kier alpha value is -2.70. The summed E-state index contributed by atoms with van der Waals surface area (Å²) < 4.78 is 1.03. The zero-order valence-corrected chi connectivity index (χ0v) is 17.0. The summed E-state index contributed by atoms with van der Waals surface area (Å²) >= 11 is 3.07. The van der Waals surface area contributed by atoms with Crippen molar-refractivity contribution in [2.45, 2.75) is 11.1 Å². The Bertz CT molecular complexity index is 1030. The molecule has 0 saturated heterocycles. The molecule has 0 saturated carbocycles. The number of hydrogen-bond donors (Lipinski definition) is 0. The Balaban J connectivity index is 1.55. The van der Waals surface area contributed by atoms with Crippen molar-refractivity contribution < 1.29 is 4.79 Å². The minimum atomic E-state index is -0.123. The highest BCUT2D eigenvalue weighted by atomic mass is 32.2. The van der Waals surface area contributed by atoms with Crippen molar-refractivity contribution >= 4 is 39.2 Å².